The Bertz CT molecular complexity index is 658. The smallest absolute Gasteiger partial charge is 0.264 e. The first-order valence-electron chi connectivity index (χ1n) is 6.27. The summed E-state index contributed by atoms with van der Waals surface area (Å²) in [5.41, 5.74) is 5.58. The standard InChI is InChI=1S/C13H17N3O4S/c1-7-2-3-8-9(14)10(21-12(8)15-7)11(20)16-13(4-17,5-18)6-19/h2-3,17-19H,4-6,14H2,1H3,(H,16,20). The highest BCUT2D eigenvalue weighted by molar-refractivity contribution is 7.21. The van der Waals surface area contributed by atoms with Crippen LogP contribution < -0.4 is 11.1 Å². The molecule has 0 aromatic carbocycles. The largest absolute Gasteiger partial charge is 0.397 e. The molecule has 0 aliphatic rings. The summed E-state index contributed by atoms with van der Waals surface area (Å²) in [5, 5.41) is 30.8. The predicted molar refractivity (Wildman–Crippen MR) is 80.2 cm³/mol. The molecule has 2 rings (SSSR count). The Morgan fingerprint density at radius 1 is 1.33 bits per heavy atom. The van der Waals surface area contributed by atoms with Crippen molar-refractivity contribution in [3.05, 3.63) is 22.7 Å². The number of fused-ring (bicyclic) bond motifs is 1. The number of anilines is 1. The van der Waals surface area contributed by atoms with Gasteiger partial charge in [-0.15, -0.1) is 11.3 Å². The highest BCUT2D eigenvalue weighted by Crippen LogP contribution is 2.32. The maximum absolute atomic E-state index is 12.3. The number of amides is 1. The van der Waals surface area contributed by atoms with Gasteiger partial charge in [0.1, 0.15) is 15.2 Å². The minimum absolute atomic E-state index is 0.239. The number of aryl methyl sites for hydroxylation is 1. The van der Waals surface area contributed by atoms with Crippen LogP contribution in [0.15, 0.2) is 12.1 Å². The second kappa shape index (κ2) is 5.94. The van der Waals surface area contributed by atoms with Gasteiger partial charge in [-0.1, -0.05) is 0 Å². The van der Waals surface area contributed by atoms with Crippen molar-refractivity contribution in [1.29, 1.82) is 0 Å². The van der Waals surface area contributed by atoms with E-state index in [0.717, 1.165) is 17.0 Å². The summed E-state index contributed by atoms with van der Waals surface area (Å²) < 4.78 is 0. The third-order valence-electron chi connectivity index (χ3n) is 3.23. The van der Waals surface area contributed by atoms with Crippen LogP contribution in [0.5, 0.6) is 0 Å². The Balaban J connectivity index is 2.37. The molecular weight excluding hydrogens is 294 g/mol. The zero-order chi connectivity index (χ0) is 15.6. The third-order valence-corrected chi connectivity index (χ3v) is 4.34. The van der Waals surface area contributed by atoms with Gasteiger partial charge in [0, 0.05) is 11.1 Å². The van der Waals surface area contributed by atoms with Crippen molar-refractivity contribution in [2.45, 2.75) is 12.5 Å². The monoisotopic (exact) mass is 311 g/mol. The fraction of sp³-hybridized carbons (Fsp3) is 0.385. The maximum atomic E-state index is 12.3. The third kappa shape index (κ3) is 2.84. The quantitative estimate of drug-likeness (QED) is 0.512. The molecule has 0 aliphatic heterocycles. The van der Waals surface area contributed by atoms with Gasteiger partial charge in [0.05, 0.1) is 25.5 Å². The van der Waals surface area contributed by atoms with Crippen LogP contribution >= 0.6 is 11.3 Å². The molecule has 2 heterocycles. The number of hydrogen-bond donors (Lipinski definition) is 5. The number of aliphatic hydroxyl groups is 3. The van der Waals surface area contributed by atoms with Crippen molar-refractivity contribution >= 4 is 33.1 Å². The molecule has 2 aromatic heterocycles. The summed E-state index contributed by atoms with van der Waals surface area (Å²) in [5.74, 6) is -0.565. The number of carbonyl (C=O) groups excluding carboxylic acids is 1. The summed E-state index contributed by atoms with van der Waals surface area (Å²) in [6, 6.07) is 3.59. The number of pyridine rings is 1. The fourth-order valence-corrected chi connectivity index (χ4v) is 2.86. The number of nitrogen functional groups attached to an aromatic ring is 1. The lowest BCUT2D eigenvalue weighted by atomic mass is 10.0. The van der Waals surface area contributed by atoms with Gasteiger partial charge in [-0.25, -0.2) is 4.98 Å². The average Bonchev–Trinajstić information content (AvgIpc) is 2.81. The van der Waals surface area contributed by atoms with Gasteiger partial charge in [0.2, 0.25) is 0 Å². The van der Waals surface area contributed by atoms with Crippen LogP contribution in [0.3, 0.4) is 0 Å². The zero-order valence-corrected chi connectivity index (χ0v) is 12.3. The molecule has 0 radical (unpaired) electrons. The molecule has 0 fully saturated rings. The Morgan fingerprint density at radius 2 is 1.95 bits per heavy atom. The molecular formula is C13H17N3O4S. The molecule has 2 aromatic rings. The zero-order valence-electron chi connectivity index (χ0n) is 11.5. The number of aromatic nitrogens is 1. The van der Waals surface area contributed by atoms with E-state index in [9.17, 15) is 20.1 Å². The first-order chi connectivity index (χ1) is 9.96. The summed E-state index contributed by atoms with van der Waals surface area (Å²) in [6.07, 6.45) is 0. The van der Waals surface area contributed by atoms with Crippen LogP contribution in [0.4, 0.5) is 5.69 Å². The van der Waals surface area contributed by atoms with Crippen LogP contribution in [-0.2, 0) is 0 Å². The van der Waals surface area contributed by atoms with Crippen molar-refractivity contribution in [3.8, 4) is 0 Å². The van der Waals surface area contributed by atoms with Crippen molar-refractivity contribution in [2.24, 2.45) is 0 Å². The lowest BCUT2D eigenvalue weighted by Gasteiger charge is -2.28. The Labute approximate surface area is 125 Å². The second-order valence-corrected chi connectivity index (χ2v) is 5.86. The van der Waals surface area contributed by atoms with Gasteiger partial charge >= 0.3 is 0 Å². The van der Waals surface area contributed by atoms with Crippen molar-refractivity contribution in [3.63, 3.8) is 0 Å². The van der Waals surface area contributed by atoms with Crippen LogP contribution in [0.25, 0.3) is 10.2 Å². The molecule has 8 heteroatoms. The molecule has 0 bridgehead atoms. The molecule has 0 saturated carbocycles. The minimum atomic E-state index is -1.48. The van der Waals surface area contributed by atoms with Gasteiger partial charge in [-0.3, -0.25) is 4.79 Å². The van der Waals surface area contributed by atoms with Gasteiger partial charge in [0.15, 0.2) is 0 Å². The number of nitrogens with zero attached hydrogens (tertiary/aromatic N) is 1. The van der Waals surface area contributed by atoms with E-state index in [0.29, 0.717) is 15.9 Å². The minimum Gasteiger partial charge on any atom is -0.397 e. The molecule has 0 atom stereocenters. The summed E-state index contributed by atoms with van der Waals surface area (Å²) in [4.78, 5) is 17.5. The number of rotatable bonds is 5. The fourth-order valence-electron chi connectivity index (χ4n) is 1.82. The van der Waals surface area contributed by atoms with Crippen molar-refractivity contribution in [1.82, 2.24) is 10.3 Å². The molecule has 0 aliphatic carbocycles. The van der Waals surface area contributed by atoms with E-state index in [-0.39, 0.29) is 4.88 Å². The number of thiophene rings is 1. The Kier molecular flexibility index (Phi) is 4.43. The number of nitrogens with two attached hydrogens (primary N) is 1. The molecule has 0 spiro atoms. The predicted octanol–water partition coefficient (Wildman–Crippen LogP) is -0.368. The van der Waals surface area contributed by atoms with Crippen molar-refractivity contribution < 1.29 is 20.1 Å². The number of aliphatic hydroxyl groups excluding tert-OH is 3. The van der Waals surface area contributed by atoms with Crippen molar-refractivity contribution in [2.75, 3.05) is 25.6 Å². The summed E-state index contributed by atoms with van der Waals surface area (Å²) in [6.45, 7) is 0.0685. The van der Waals surface area contributed by atoms with E-state index in [1.807, 2.05) is 6.92 Å². The number of nitrogens with one attached hydrogen (secondary N) is 1. The number of carbonyl (C=O) groups is 1. The highest BCUT2D eigenvalue weighted by Gasteiger charge is 2.31. The first kappa shape index (κ1) is 15.6. The van der Waals surface area contributed by atoms with Crippen LogP contribution in [0.2, 0.25) is 0 Å². The van der Waals surface area contributed by atoms with Gasteiger partial charge in [-0.05, 0) is 19.1 Å². The van der Waals surface area contributed by atoms with Crippen LogP contribution in [0, 0.1) is 6.92 Å². The second-order valence-electron chi connectivity index (χ2n) is 4.86. The van der Waals surface area contributed by atoms with E-state index in [1.165, 1.54) is 0 Å². The lowest BCUT2D eigenvalue weighted by Crippen LogP contribution is -2.56. The SMILES string of the molecule is Cc1ccc2c(N)c(C(=O)NC(CO)(CO)CO)sc2n1. The Morgan fingerprint density at radius 3 is 2.52 bits per heavy atom. The van der Waals surface area contributed by atoms with E-state index < -0.39 is 31.3 Å². The number of hydrogen-bond acceptors (Lipinski definition) is 7. The normalized spacial score (nSPS) is 11.8. The molecule has 0 unspecified atom stereocenters. The van der Waals surface area contributed by atoms with Crippen LogP contribution in [0.1, 0.15) is 15.4 Å². The van der Waals surface area contributed by atoms with E-state index in [4.69, 9.17) is 5.73 Å². The topological polar surface area (TPSA) is 129 Å². The van der Waals surface area contributed by atoms with Crippen LogP contribution in [-0.4, -0.2) is 51.6 Å². The Hall–Kier alpha value is -1.74. The molecule has 114 valence electrons. The van der Waals surface area contributed by atoms with E-state index in [1.54, 1.807) is 12.1 Å². The molecule has 21 heavy (non-hydrogen) atoms. The van der Waals surface area contributed by atoms with Gasteiger partial charge in [0.25, 0.3) is 5.91 Å². The first-order valence-corrected chi connectivity index (χ1v) is 7.08. The van der Waals surface area contributed by atoms with E-state index in [2.05, 4.69) is 10.3 Å². The summed E-state index contributed by atoms with van der Waals surface area (Å²) in [7, 11) is 0. The maximum Gasteiger partial charge on any atom is 0.264 e. The van der Waals surface area contributed by atoms with Gasteiger partial charge in [-0.2, -0.15) is 0 Å². The lowest BCUT2D eigenvalue weighted by molar-refractivity contribution is 0.0377. The molecule has 6 N–H and O–H groups in total. The van der Waals surface area contributed by atoms with Gasteiger partial charge < -0.3 is 26.4 Å². The molecule has 0 saturated heterocycles. The van der Waals surface area contributed by atoms with E-state index >= 15 is 0 Å². The molecule has 7 nitrogen and oxygen atoms in total. The molecule has 1 amide bonds. The summed E-state index contributed by atoms with van der Waals surface area (Å²) >= 11 is 1.13. The average molecular weight is 311 g/mol. The highest BCUT2D eigenvalue weighted by atomic mass is 32.1.